The molecule has 3 aromatic rings. The minimum Gasteiger partial charge on any atom is -0.478 e. The van der Waals surface area contributed by atoms with Gasteiger partial charge < -0.3 is 15.7 Å². The fraction of sp³-hybridized carbons (Fsp3) is 0.348. The van der Waals surface area contributed by atoms with E-state index in [1.54, 1.807) is 25.1 Å². The molecule has 0 saturated carbocycles. The van der Waals surface area contributed by atoms with Crippen LogP contribution in [0.4, 0.5) is 0 Å². The van der Waals surface area contributed by atoms with Crippen LogP contribution in [-0.4, -0.2) is 44.0 Å². The van der Waals surface area contributed by atoms with Crippen LogP contribution in [0.25, 0.3) is 5.65 Å². The van der Waals surface area contributed by atoms with E-state index >= 15 is 0 Å². The molecule has 1 aliphatic carbocycles. The Labute approximate surface area is 184 Å². The lowest BCUT2D eigenvalue weighted by atomic mass is 9.98. The number of hydrogen-bond donors (Lipinski definition) is 3. The molecule has 9 heteroatoms. The van der Waals surface area contributed by atoms with Gasteiger partial charge in [-0.3, -0.25) is 9.59 Å². The summed E-state index contributed by atoms with van der Waals surface area (Å²) in [5.41, 5.74) is 3.65. The van der Waals surface area contributed by atoms with Gasteiger partial charge in [-0.15, -0.1) is 0 Å². The standard InChI is InChI=1S/C23H25N5O4/c1-12(2)11-24-21(29)18-10-19(28-20(26-18)8-9-25-28)22(30)27-17-7-6-14-13(3)15(23(31)32)4-5-16(14)17/h4-5,8-10,12,17H,6-7,11H2,1-3H3,(H,24,29)(H,27,30)(H,31,32)/t17-/m0/s1. The van der Waals surface area contributed by atoms with Crippen LogP contribution in [0.5, 0.6) is 0 Å². The maximum absolute atomic E-state index is 13.2. The van der Waals surface area contributed by atoms with Crippen molar-refractivity contribution in [2.24, 2.45) is 5.92 Å². The van der Waals surface area contributed by atoms with Gasteiger partial charge in [-0.25, -0.2) is 14.3 Å². The van der Waals surface area contributed by atoms with Gasteiger partial charge in [0.1, 0.15) is 11.4 Å². The summed E-state index contributed by atoms with van der Waals surface area (Å²) in [6.45, 7) is 6.29. The molecule has 4 rings (SSSR count). The number of carbonyl (C=O) groups is 3. The summed E-state index contributed by atoms with van der Waals surface area (Å²) in [7, 11) is 0. The van der Waals surface area contributed by atoms with Gasteiger partial charge in [-0.05, 0) is 48.4 Å². The van der Waals surface area contributed by atoms with Crippen molar-refractivity contribution < 1.29 is 19.5 Å². The van der Waals surface area contributed by atoms with Gasteiger partial charge in [0.05, 0.1) is 17.8 Å². The number of fused-ring (bicyclic) bond motifs is 2. The molecule has 166 valence electrons. The number of rotatable bonds is 6. The number of nitrogens with zero attached hydrogens (tertiary/aromatic N) is 3. The van der Waals surface area contributed by atoms with Crippen molar-refractivity contribution in [1.29, 1.82) is 0 Å². The topological polar surface area (TPSA) is 126 Å². The number of carboxylic acid groups (broad SMARTS) is 1. The highest BCUT2D eigenvalue weighted by Gasteiger charge is 2.28. The van der Waals surface area contributed by atoms with Crippen molar-refractivity contribution in [3.8, 4) is 0 Å². The number of amides is 2. The van der Waals surface area contributed by atoms with Gasteiger partial charge >= 0.3 is 5.97 Å². The molecule has 0 saturated heterocycles. The van der Waals surface area contributed by atoms with Crippen LogP contribution in [0.2, 0.25) is 0 Å². The summed E-state index contributed by atoms with van der Waals surface area (Å²) in [5, 5.41) is 19.4. The molecule has 0 unspecified atom stereocenters. The van der Waals surface area contributed by atoms with E-state index in [0.29, 0.717) is 25.0 Å². The number of aromatic nitrogens is 3. The quantitative estimate of drug-likeness (QED) is 0.546. The molecule has 0 bridgehead atoms. The van der Waals surface area contributed by atoms with Crippen molar-refractivity contribution in [3.05, 3.63) is 64.1 Å². The van der Waals surface area contributed by atoms with Crippen molar-refractivity contribution in [3.63, 3.8) is 0 Å². The van der Waals surface area contributed by atoms with E-state index in [1.165, 1.54) is 16.8 Å². The lowest BCUT2D eigenvalue weighted by molar-refractivity contribution is 0.0695. The van der Waals surface area contributed by atoms with Gasteiger partial charge in [0.2, 0.25) is 0 Å². The van der Waals surface area contributed by atoms with Crippen LogP contribution in [0.15, 0.2) is 30.5 Å². The van der Waals surface area contributed by atoms with E-state index in [1.807, 2.05) is 13.8 Å². The molecule has 0 spiro atoms. The van der Waals surface area contributed by atoms with Crippen molar-refractivity contribution >= 4 is 23.4 Å². The van der Waals surface area contributed by atoms with Gasteiger partial charge in [0.25, 0.3) is 11.8 Å². The van der Waals surface area contributed by atoms with Crippen LogP contribution in [0, 0.1) is 12.8 Å². The Morgan fingerprint density at radius 3 is 2.72 bits per heavy atom. The molecule has 2 aromatic heterocycles. The predicted octanol–water partition coefficient (Wildman–Crippen LogP) is 2.54. The third kappa shape index (κ3) is 3.93. The van der Waals surface area contributed by atoms with Crippen LogP contribution < -0.4 is 10.6 Å². The number of carbonyl (C=O) groups excluding carboxylic acids is 2. The van der Waals surface area contributed by atoms with Crippen molar-refractivity contribution in [2.45, 2.75) is 39.7 Å². The third-order valence-electron chi connectivity index (χ3n) is 5.72. The molecular formula is C23H25N5O4. The molecule has 3 N–H and O–H groups in total. The number of nitrogens with one attached hydrogen (secondary N) is 2. The maximum Gasteiger partial charge on any atom is 0.335 e. The first-order valence-corrected chi connectivity index (χ1v) is 10.6. The van der Waals surface area contributed by atoms with Crippen LogP contribution in [0.1, 0.15) is 74.3 Å². The minimum atomic E-state index is -0.959. The highest BCUT2D eigenvalue weighted by Crippen LogP contribution is 2.34. The molecule has 2 heterocycles. The number of hydrogen-bond acceptors (Lipinski definition) is 5. The number of carboxylic acids is 1. The van der Waals surface area contributed by atoms with Crippen molar-refractivity contribution in [1.82, 2.24) is 25.2 Å². The SMILES string of the molecule is Cc1c(C(=O)O)ccc2c1CC[C@@H]2NC(=O)c1cc(C(=O)NCC(C)C)nc2ccnn12. The minimum absolute atomic E-state index is 0.151. The molecule has 1 aliphatic rings. The summed E-state index contributed by atoms with van der Waals surface area (Å²) in [4.78, 5) is 41.5. The maximum atomic E-state index is 13.2. The van der Waals surface area contributed by atoms with E-state index in [0.717, 1.165) is 16.7 Å². The van der Waals surface area contributed by atoms with Crippen LogP contribution in [-0.2, 0) is 6.42 Å². The van der Waals surface area contributed by atoms with Crippen molar-refractivity contribution in [2.75, 3.05) is 6.54 Å². The second-order valence-corrected chi connectivity index (χ2v) is 8.41. The Balaban J connectivity index is 1.62. The van der Waals surface area contributed by atoms with E-state index in [-0.39, 0.29) is 40.7 Å². The molecule has 0 radical (unpaired) electrons. The summed E-state index contributed by atoms with van der Waals surface area (Å²) >= 11 is 0. The first kappa shape index (κ1) is 21.5. The highest BCUT2D eigenvalue weighted by molar-refractivity contribution is 5.98. The predicted molar refractivity (Wildman–Crippen MR) is 117 cm³/mol. The Morgan fingerprint density at radius 2 is 2.00 bits per heavy atom. The smallest absolute Gasteiger partial charge is 0.335 e. The monoisotopic (exact) mass is 435 g/mol. The van der Waals surface area contributed by atoms with E-state index in [4.69, 9.17) is 0 Å². The van der Waals surface area contributed by atoms with Crippen LogP contribution >= 0.6 is 0 Å². The first-order chi connectivity index (χ1) is 15.3. The third-order valence-corrected chi connectivity index (χ3v) is 5.72. The van der Waals surface area contributed by atoms with Gasteiger partial charge in [0.15, 0.2) is 5.65 Å². The Hall–Kier alpha value is -3.75. The second kappa shape index (κ2) is 8.41. The zero-order chi connectivity index (χ0) is 23.0. The average molecular weight is 435 g/mol. The Kier molecular flexibility index (Phi) is 5.65. The fourth-order valence-corrected chi connectivity index (χ4v) is 4.07. The zero-order valence-corrected chi connectivity index (χ0v) is 18.2. The fourth-order valence-electron chi connectivity index (χ4n) is 4.07. The number of benzene rings is 1. The largest absolute Gasteiger partial charge is 0.478 e. The molecule has 0 fully saturated rings. The normalized spacial score (nSPS) is 15.1. The molecule has 1 atom stereocenters. The zero-order valence-electron chi connectivity index (χ0n) is 18.2. The second-order valence-electron chi connectivity index (χ2n) is 8.41. The van der Waals surface area contributed by atoms with Gasteiger partial charge in [-0.1, -0.05) is 19.9 Å². The summed E-state index contributed by atoms with van der Waals surface area (Å²) in [6, 6.07) is 6.18. The van der Waals surface area contributed by atoms with Gasteiger partial charge in [-0.2, -0.15) is 5.10 Å². The lowest BCUT2D eigenvalue weighted by Crippen LogP contribution is -2.31. The Morgan fingerprint density at radius 1 is 1.22 bits per heavy atom. The molecular weight excluding hydrogens is 410 g/mol. The molecule has 2 amide bonds. The summed E-state index contributed by atoms with van der Waals surface area (Å²) in [6.07, 6.45) is 2.88. The molecule has 0 aliphatic heterocycles. The molecule has 32 heavy (non-hydrogen) atoms. The Bertz CT molecular complexity index is 1230. The highest BCUT2D eigenvalue weighted by atomic mass is 16.4. The summed E-state index contributed by atoms with van der Waals surface area (Å²) in [5.74, 6) is -1.40. The molecule has 1 aromatic carbocycles. The van der Waals surface area contributed by atoms with E-state index in [9.17, 15) is 19.5 Å². The number of aromatic carboxylic acids is 1. The van der Waals surface area contributed by atoms with Gasteiger partial charge in [0, 0.05) is 18.7 Å². The lowest BCUT2D eigenvalue weighted by Gasteiger charge is -2.16. The summed E-state index contributed by atoms with van der Waals surface area (Å²) < 4.78 is 1.41. The molecule has 9 nitrogen and oxygen atoms in total. The van der Waals surface area contributed by atoms with Crippen LogP contribution in [0.3, 0.4) is 0 Å². The van der Waals surface area contributed by atoms with E-state index < -0.39 is 5.97 Å². The first-order valence-electron chi connectivity index (χ1n) is 10.6. The average Bonchev–Trinajstić information content (AvgIpc) is 3.38. The van der Waals surface area contributed by atoms with E-state index in [2.05, 4.69) is 20.7 Å².